The van der Waals surface area contributed by atoms with E-state index in [1.807, 2.05) is 0 Å². The van der Waals surface area contributed by atoms with Crippen molar-refractivity contribution in [2.24, 2.45) is 5.92 Å². The van der Waals surface area contributed by atoms with Crippen molar-refractivity contribution in [3.63, 3.8) is 0 Å². The highest BCUT2D eigenvalue weighted by Gasteiger charge is 2.25. The molecule has 1 N–H and O–H groups in total. The largest absolute Gasteiger partial charge is 0.353 e. The molecule has 1 amide bonds. The molecular formula is C22H29N3O2S2. The number of carbonyl (C=O) groups is 1. The number of allylic oxidation sites excluding steroid dienone is 1. The molecule has 1 fully saturated rings. The molecule has 0 aliphatic heterocycles. The summed E-state index contributed by atoms with van der Waals surface area (Å²) in [6, 6.07) is 0.300. The van der Waals surface area contributed by atoms with Crippen LogP contribution >= 0.6 is 23.1 Å². The third-order valence-electron chi connectivity index (χ3n) is 5.99. The van der Waals surface area contributed by atoms with Crippen LogP contribution in [0.25, 0.3) is 10.2 Å². The molecule has 0 radical (unpaired) electrons. The number of fused-ring (bicyclic) bond motifs is 3. The van der Waals surface area contributed by atoms with Crippen LogP contribution in [0.2, 0.25) is 0 Å². The second-order valence-electron chi connectivity index (χ2n) is 8.32. The average Bonchev–Trinajstić information content (AvgIpc) is 3.07. The third-order valence-corrected chi connectivity index (χ3v) is 8.12. The van der Waals surface area contributed by atoms with Gasteiger partial charge in [0.15, 0.2) is 5.16 Å². The summed E-state index contributed by atoms with van der Waals surface area (Å²) < 4.78 is 1.68. The first-order chi connectivity index (χ1) is 14.1. The maximum absolute atomic E-state index is 13.3. The van der Waals surface area contributed by atoms with E-state index in [1.54, 1.807) is 22.0 Å². The highest BCUT2D eigenvalue weighted by Crippen LogP contribution is 2.36. The summed E-state index contributed by atoms with van der Waals surface area (Å²) in [5, 5.41) is 4.55. The molecule has 2 aliphatic carbocycles. The summed E-state index contributed by atoms with van der Waals surface area (Å²) in [5.74, 6) is 0.970. The number of nitrogens with one attached hydrogen (secondary N) is 1. The smallest absolute Gasteiger partial charge is 0.263 e. The monoisotopic (exact) mass is 431 g/mol. The number of carbonyl (C=O) groups excluding carboxylic acids is 1. The maximum atomic E-state index is 13.3. The molecule has 0 spiro atoms. The number of hydrogen-bond acceptors (Lipinski definition) is 5. The Balaban J connectivity index is 1.58. The molecule has 4 rings (SSSR count). The zero-order valence-electron chi connectivity index (χ0n) is 17.0. The second-order valence-corrected chi connectivity index (χ2v) is 10.3. The lowest BCUT2D eigenvalue weighted by atomic mass is 9.89. The Bertz CT molecular complexity index is 973. The normalized spacial score (nSPS) is 19.8. The van der Waals surface area contributed by atoms with Crippen molar-refractivity contribution in [3.05, 3.63) is 33.4 Å². The lowest BCUT2D eigenvalue weighted by molar-refractivity contribution is -0.119. The number of amides is 1. The molecule has 0 saturated heterocycles. The van der Waals surface area contributed by atoms with Gasteiger partial charge in [0.1, 0.15) is 4.83 Å². The van der Waals surface area contributed by atoms with Crippen molar-refractivity contribution in [1.29, 1.82) is 0 Å². The Morgan fingerprint density at radius 3 is 2.90 bits per heavy atom. The third kappa shape index (κ3) is 4.45. The van der Waals surface area contributed by atoms with Crippen LogP contribution in [-0.2, 0) is 24.2 Å². The van der Waals surface area contributed by atoms with Crippen LogP contribution in [-0.4, -0.2) is 27.3 Å². The molecule has 0 aromatic carbocycles. The van der Waals surface area contributed by atoms with Crippen LogP contribution in [0.3, 0.4) is 0 Å². The van der Waals surface area contributed by atoms with Crippen molar-refractivity contribution < 1.29 is 4.79 Å². The molecule has 156 valence electrons. The van der Waals surface area contributed by atoms with Gasteiger partial charge in [0.25, 0.3) is 5.56 Å². The van der Waals surface area contributed by atoms with Crippen LogP contribution in [0.1, 0.15) is 55.9 Å². The van der Waals surface area contributed by atoms with Crippen molar-refractivity contribution in [1.82, 2.24) is 14.9 Å². The Kier molecular flexibility index (Phi) is 6.44. The summed E-state index contributed by atoms with van der Waals surface area (Å²) >= 11 is 3.02. The van der Waals surface area contributed by atoms with Gasteiger partial charge in [0, 0.05) is 17.5 Å². The first-order valence-corrected chi connectivity index (χ1v) is 12.4. The van der Waals surface area contributed by atoms with Crippen molar-refractivity contribution in [2.75, 3.05) is 5.75 Å². The van der Waals surface area contributed by atoms with Gasteiger partial charge in [-0.15, -0.1) is 17.9 Å². The van der Waals surface area contributed by atoms with E-state index in [4.69, 9.17) is 4.98 Å². The summed E-state index contributed by atoms with van der Waals surface area (Å²) in [4.78, 5) is 32.7. The lowest BCUT2D eigenvalue weighted by Crippen LogP contribution is -2.37. The molecule has 2 heterocycles. The van der Waals surface area contributed by atoms with Gasteiger partial charge in [-0.1, -0.05) is 44.0 Å². The molecule has 7 heteroatoms. The lowest BCUT2D eigenvalue weighted by Gasteiger charge is -2.22. The van der Waals surface area contributed by atoms with Gasteiger partial charge in [0.2, 0.25) is 5.91 Å². The van der Waals surface area contributed by atoms with Crippen LogP contribution in [0.15, 0.2) is 22.6 Å². The number of hydrogen-bond donors (Lipinski definition) is 1. The van der Waals surface area contributed by atoms with Gasteiger partial charge in [-0.25, -0.2) is 4.98 Å². The average molecular weight is 432 g/mol. The van der Waals surface area contributed by atoms with E-state index in [1.165, 1.54) is 41.5 Å². The molecule has 2 aliphatic rings. The Morgan fingerprint density at radius 2 is 2.14 bits per heavy atom. The summed E-state index contributed by atoms with van der Waals surface area (Å²) in [6.45, 7) is 6.48. The zero-order chi connectivity index (χ0) is 20.4. The van der Waals surface area contributed by atoms with Crippen LogP contribution in [0.5, 0.6) is 0 Å². The fraction of sp³-hybridized carbons (Fsp3) is 0.591. The Labute approximate surface area is 180 Å². The molecule has 5 nitrogen and oxygen atoms in total. The number of thioether (sulfide) groups is 1. The summed E-state index contributed by atoms with van der Waals surface area (Å²) in [6.07, 6.45) is 10.6. The minimum atomic E-state index is 0.0112. The minimum absolute atomic E-state index is 0.0112. The van der Waals surface area contributed by atoms with E-state index in [0.717, 1.165) is 42.3 Å². The molecule has 0 bridgehead atoms. The predicted octanol–water partition coefficient (Wildman–Crippen LogP) is 4.31. The van der Waals surface area contributed by atoms with E-state index in [0.29, 0.717) is 23.7 Å². The van der Waals surface area contributed by atoms with Crippen molar-refractivity contribution in [2.45, 2.75) is 76.0 Å². The van der Waals surface area contributed by atoms with Crippen molar-refractivity contribution >= 4 is 39.2 Å². The molecule has 2 aromatic rings. The van der Waals surface area contributed by atoms with E-state index in [-0.39, 0.29) is 17.2 Å². The topological polar surface area (TPSA) is 64.0 Å². The molecule has 2 aromatic heterocycles. The molecular weight excluding hydrogens is 402 g/mol. The molecule has 0 unspecified atom stereocenters. The quantitative estimate of drug-likeness (QED) is 0.421. The fourth-order valence-electron chi connectivity index (χ4n) is 4.45. The number of aryl methyl sites for hydroxylation is 1. The predicted molar refractivity (Wildman–Crippen MR) is 121 cm³/mol. The van der Waals surface area contributed by atoms with Crippen LogP contribution < -0.4 is 10.9 Å². The second kappa shape index (κ2) is 9.04. The van der Waals surface area contributed by atoms with Gasteiger partial charge in [0.05, 0.1) is 11.1 Å². The highest BCUT2D eigenvalue weighted by atomic mass is 32.2. The molecule has 1 atom stereocenters. The summed E-state index contributed by atoms with van der Waals surface area (Å²) in [7, 11) is 0. The van der Waals surface area contributed by atoms with Gasteiger partial charge in [-0.05, 0) is 43.6 Å². The SMILES string of the molecule is C=CCn1c(SCC(=O)NC2CCCCC2)nc2sc3c(c2c1=O)CC[C@H](C)C3. The number of rotatable bonds is 6. The summed E-state index contributed by atoms with van der Waals surface area (Å²) in [5.41, 5.74) is 1.21. The minimum Gasteiger partial charge on any atom is -0.353 e. The van der Waals surface area contributed by atoms with E-state index in [2.05, 4.69) is 18.8 Å². The standard InChI is InChI=1S/C22H29N3O2S2/c1-3-11-25-21(27)19-16-10-9-14(2)12-17(16)29-20(19)24-22(25)28-13-18(26)23-15-7-5-4-6-8-15/h3,14-15H,1,4-13H2,2H3,(H,23,26)/t14-/m0/s1. The van der Waals surface area contributed by atoms with Gasteiger partial charge >= 0.3 is 0 Å². The maximum Gasteiger partial charge on any atom is 0.263 e. The van der Waals surface area contributed by atoms with Gasteiger partial charge in [-0.3, -0.25) is 14.2 Å². The Hall–Kier alpha value is -1.60. The number of nitrogens with zero attached hydrogens (tertiary/aromatic N) is 2. The first-order valence-electron chi connectivity index (χ1n) is 10.6. The van der Waals surface area contributed by atoms with E-state index >= 15 is 0 Å². The van der Waals surface area contributed by atoms with Crippen molar-refractivity contribution in [3.8, 4) is 0 Å². The fourth-order valence-corrected chi connectivity index (χ4v) is 6.70. The van der Waals surface area contributed by atoms with E-state index in [9.17, 15) is 9.59 Å². The molecule has 29 heavy (non-hydrogen) atoms. The molecule has 1 saturated carbocycles. The zero-order valence-corrected chi connectivity index (χ0v) is 18.7. The van der Waals surface area contributed by atoms with Crippen LogP contribution in [0.4, 0.5) is 0 Å². The van der Waals surface area contributed by atoms with Crippen LogP contribution in [0, 0.1) is 5.92 Å². The first kappa shape index (κ1) is 20.7. The number of aromatic nitrogens is 2. The van der Waals surface area contributed by atoms with E-state index < -0.39 is 0 Å². The Morgan fingerprint density at radius 1 is 1.34 bits per heavy atom. The highest BCUT2D eigenvalue weighted by molar-refractivity contribution is 7.99. The number of thiophene rings is 1. The van der Waals surface area contributed by atoms with Gasteiger partial charge in [-0.2, -0.15) is 0 Å². The van der Waals surface area contributed by atoms with Gasteiger partial charge < -0.3 is 5.32 Å².